The zero-order valence-electron chi connectivity index (χ0n) is 11.8. The molecule has 1 saturated heterocycles. The maximum Gasteiger partial charge on any atom is 0.0266 e. The first-order valence-electron chi connectivity index (χ1n) is 7.86. The summed E-state index contributed by atoms with van der Waals surface area (Å²) in [4.78, 5) is 0. The van der Waals surface area contributed by atoms with Gasteiger partial charge in [-0.2, -0.15) is 5.06 Å². The van der Waals surface area contributed by atoms with E-state index in [1.807, 2.05) is 0 Å². The molecule has 19 heavy (non-hydrogen) atoms. The van der Waals surface area contributed by atoms with Gasteiger partial charge in [-0.15, -0.1) is 0 Å². The molecular weight excluding hydrogens is 234 g/mol. The second-order valence-corrected chi connectivity index (χ2v) is 6.27. The molecule has 1 aromatic rings. The van der Waals surface area contributed by atoms with Crippen molar-refractivity contribution < 1.29 is 5.21 Å². The fraction of sp³-hybridized carbons (Fsp3) is 0.647. The number of fused-ring (bicyclic) bond motifs is 1. The van der Waals surface area contributed by atoms with Gasteiger partial charge in [-0.1, -0.05) is 18.2 Å². The number of aryl methyl sites for hydroxylation is 3. The molecule has 0 spiro atoms. The largest absolute Gasteiger partial charge is 0.314 e. The van der Waals surface area contributed by atoms with E-state index >= 15 is 0 Å². The van der Waals surface area contributed by atoms with Gasteiger partial charge in [0.2, 0.25) is 0 Å². The number of piperidine rings is 1. The van der Waals surface area contributed by atoms with Gasteiger partial charge in [0, 0.05) is 13.1 Å². The normalized spacial score (nSPS) is 24.2. The fourth-order valence-electron chi connectivity index (χ4n) is 3.59. The predicted octanol–water partition coefficient (Wildman–Crippen LogP) is 3.60. The molecule has 0 amide bonds. The third kappa shape index (κ3) is 3.37. The van der Waals surface area contributed by atoms with Gasteiger partial charge in [-0.3, -0.25) is 0 Å². The highest BCUT2D eigenvalue weighted by atomic mass is 16.5. The summed E-state index contributed by atoms with van der Waals surface area (Å²) in [6.07, 6.45) is 10.1. The van der Waals surface area contributed by atoms with Gasteiger partial charge < -0.3 is 5.21 Å². The third-order valence-corrected chi connectivity index (χ3v) is 4.75. The molecule has 1 N–H and O–H groups in total. The average molecular weight is 259 g/mol. The van der Waals surface area contributed by atoms with Crippen molar-refractivity contribution in [3.05, 3.63) is 34.9 Å². The first-order chi connectivity index (χ1) is 9.31. The van der Waals surface area contributed by atoms with E-state index in [0.717, 1.165) is 19.5 Å². The molecule has 0 saturated carbocycles. The molecule has 0 radical (unpaired) electrons. The van der Waals surface area contributed by atoms with E-state index in [0.29, 0.717) is 5.92 Å². The van der Waals surface area contributed by atoms with Crippen molar-refractivity contribution in [2.75, 3.05) is 13.1 Å². The molecule has 2 heteroatoms. The first kappa shape index (κ1) is 13.1. The summed E-state index contributed by atoms with van der Waals surface area (Å²) in [5, 5.41) is 11.1. The van der Waals surface area contributed by atoms with Crippen molar-refractivity contribution in [2.45, 2.75) is 51.4 Å². The Morgan fingerprint density at radius 3 is 2.79 bits per heavy atom. The van der Waals surface area contributed by atoms with E-state index in [2.05, 4.69) is 18.2 Å². The molecule has 1 atom stereocenters. The molecule has 0 bridgehead atoms. The van der Waals surface area contributed by atoms with Crippen molar-refractivity contribution in [1.82, 2.24) is 5.06 Å². The van der Waals surface area contributed by atoms with Crippen LogP contribution in [-0.4, -0.2) is 23.4 Å². The summed E-state index contributed by atoms with van der Waals surface area (Å²) in [5.41, 5.74) is 4.67. The van der Waals surface area contributed by atoms with Crippen LogP contribution in [0.4, 0.5) is 0 Å². The quantitative estimate of drug-likeness (QED) is 0.896. The standard InChI is InChI=1S/C17H25NO/c19-18-11-3-4-15(13-18)8-7-14-9-10-16-5-1-2-6-17(16)12-14/h9-10,12,15,19H,1-8,11,13H2. The van der Waals surface area contributed by atoms with Gasteiger partial charge in [0.1, 0.15) is 0 Å². The Bertz CT molecular complexity index is 429. The van der Waals surface area contributed by atoms with Crippen LogP contribution in [0.25, 0.3) is 0 Å². The van der Waals surface area contributed by atoms with Crippen LogP contribution in [0.2, 0.25) is 0 Å². The second-order valence-electron chi connectivity index (χ2n) is 6.27. The molecule has 104 valence electrons. The van der Waals surface area contributed by atoms with Gasteiger partial charge in [-0.05, 0) is 74.0 Å². The van der Waals surface area contributed by atoms with E-state index in [1.54, 1.807) is 11.1 Å². The molecule has 1 aliphatic carbocycles. The Hall–Kier alpha value is -0.860. The minimum absolute atomic E-state index is 0.676. The minimum Gasteiger partial charge on any atom is -0.314 e. The van der Waals surface area contributed by atoms with Crippen LogP contribution in [0.15, 0.2) is 18.2 Å². The SMILES string of the molecule is ON1CCCC(CCc2ccc3c(c2)CCCC3)C1. The highest BCUT2D eigenvalue weighted by molar-refractivity contribution is 5.33. The zero-order chi connectivity index (χ0) is 13.1. The van der Waals surface area contributed by atoms with E-state index in [9.17, 15) is 5.21 Å². The van der Waals surface area contributed by atoms with Crippen molar-refractivity contribution in [3.8, 4) is 0 Å². The van der Waals surface area contributed by atoms with Crippen molar-refractivity contribution in [1.29, 1.82) is 0 Å². The van der Waals surface area contributed by atoms with E-state index in [1.165, 1.54) is 55.6 Å². The predicted molar refractivity (Wildman–Crippen MR) is 77.5 cm³/mol. The lowest BCUT2D eigenvalue weighted by atomic mass is 9.88. The van der Waals surface area contributed by atoms with Crippen molar-refractivity contribution in [2.24, 2.45) is 5.92 Å². The van der Waals surface area contributed by atoms with Gasteiger partial charge in [0.15, 0.2) is 0 Å². The molecule has 1 heterocycles. The van der Waals surface area contributed by atoms with Crippen LogP contribution in [0.5, 0.6) is 0 Å². The highest BCUT2D eigenvalue weighted by Crippen LogP contribution is 2.25. The number of nitrogens with zero attached hydrogens (tertiary/aromatic N) is 1. The van der Waals surface area contributed by atoms with E-state index in [4.69, 9.17) is 0 Å². The summed E-state index contributed by atoms with van der Waals surface area (Å²) in [6.45, 7) is 1.72. The van der Waals surface area contributed by atoms with Crippen LogP contribution in [-0.2, 0) is 19.3 Å². The Morgan fingerprint density at radius 2 is 1.95 bits per heavy atom. The van der Waals surface area contributed by atoms with Gasteiger partial charge in [0.25, 0.3) is 0 Å². The van der Waals surface area contributed by atoms with Gasteiger partial charge in [-0.25, -0.2) is 0 Å². The third-order valence-electron chi connectivity index (χ3n) is 4.75. The van der Waals surface area contributed by atoms with Crippen LogP contribution in [0.3, 0.4) is 0 Å². The average Bonchev–Trinajstić information content (AvgIpc) is 2.45. The van der Waals surface area contributed by atoms with E-state index < -0.39 is 0 Å². The Balaban J connectivity index is 1.57. The summed E-state index contributed by atoms with van der Waals surface area (Å²) in [5.74, 6) is 0.676. The smallest absolute Gasteiger partial charge is 0.0266 e. The molecule has 1 unspecified atom stereocenters. The van der Waals surface area contributed by atoms with Crippen LogP contribution in [0, 0.1) is 5.92 Å². The lowest BCUT2D eigenvalue weighted by Gasteiger charge is -2.28. The molecule has 3 rings (SSSR count). The first-order valence-corrected chi connectivity index (χ1v) is 7.86. The van der Waals surface area contributed by atoms with Gasteiger partial charge in [0.05, 0.1) is 0 Å². The van der Waals surface area contributed by atoms with Crippen LogP contribution >= 0.6 is 0 Å². The topological polar surface area (TPSA) is 23.5 Å². The summed E-state index contributed by atoms with van der Waals surface area (Å²) >= 11 is 0. The maximum atomic E-state index is 9.57. The summed E-state index contributed by atoms with van der Waals surface area (Å²) in [7, 11) is 0. The Labute approximate surface area is 116 Å². The van der Waals surface area contributed by atoms with Crippen molar-refractivity contribution in [3.63, 3.8) is 0 Å². The zero-order valence-corrected chi connectivity index (χ0v) is 11.8. The number of benzene rings is 1. The maximum absolute atomic E-state index is 9.57. The molecular formula is C17H25NO. The summed E-state index contributed by atoms with van der Waals surface area (Å²) < 4.78 is 0. The number of rotatable bonds is 3. The second kappa shape index (κ2) is 6.06. The van der Waals surface area contributed by atoms with Crippen LogP contribution < -0.4 is 0 Å². The number of hydroxylamine groups is 2. The number of hydrogen-bond donors (Lipinski definition) is 1. The highest BCUT2D eigenvalue weighted by Gasteiger charge is 2.18. The van der Waals surface area contributed by atoms with E-state index in [-0.39, 0.29) is 0 Å². The molecule has 2 nitrogen and oxygen atoms in total. The fourth-order valence-corrected chi connectivity index (χ4v) is 3.59. The monoisotopic (exact) mass is 259 g/mol. The molecule has 1 fully saturated rings. The number of hydrogen-bond acceptors (Lipinski definition) is 2. The van der Waals surface area contributed by atoms with Crippen LogP contribution in [0.1, 0.15) is 48.8 Å². The van der Waals surface area contributed by atoms with Gasteiger partial charge >= 0.3 is 0 Å². The Morgan fingerprint density at radius 1 is 1.11 bits per heavy atom. The lowest BCUT2D eigenvalue weighted by molar-refractivity contribution is -0.118. The molecule has 1 aromatic carbocycles. The molecule has 0 aromatic heterocycles. The minimum atomic E-state index is 0.676. The molecule has 1 aliphatic heterocycles. The Kier molecular flexibility index (Phi) is 4.19. The molecule has 2 aliphatic rings. The van der Waals surface area contributed by atoms with Crippen molar-refractivity contribution >= 4 is 0 Å². The lowest BCUT2D eigenvalue weighted by Crippen LogP contribution is -2.32. The summed E-state index contributed by atoms with van der Waals surface area (Å²) in [6, 6.07) is 7.11.